The van der Waals surface area contributed by atoms with Crippen molar-refractivity contribution in [2.75, 3.05) is 0 Å². The second-order valence-corrected chi connectivity index (χ2v) is 5.63. The summed E-state index contributed by atoms with van der Waals surface area (Å²) in [6.45, 7) is 2.26. The molecule has 0 aromatic heterocycles. The summed E-state index contributed by atoms with van der Waals surface area (Å²) >= 11 is 0. The van der Waals surface area contributed by atoms with E-state index in [1.807, 2.05) is 0 Å². The van der Waals surface area contributed by atoms with E-state index in [4.69, 9.17) is 4.74 Å². The smallest absolute Gasteiger partial charge is 0.0733 e. The molecule has 2 fully saturated rings. The first-order valence-corrected chi connectivity index (χ1v) is 7.33. The van der Waals surface area contributed by atoms with Gasteiger partial charge in [0.05, 0.1) is 12.2 Å². The fourth-order valence-corrected chi connectivity index (χ4v) is 3.39. The van der Waals surface area contributed by atoms with E-state index in [-0.39, 0.29) is 0 Å². The topological polar surface area (TPSA) is 21.3 Å². The van der Waals surface area contributed by atoms with E-state index in [2.05, 4.69) is 42.6 Å². The lowest BCUT2D eigenvalue weighted by molar-refractivity contribution is 0.0958. The predicted molar refractivity (Wildman–Crippen MR) is 73.5 cm³/mol. The summed E-state index contributed by atoms with van der Waals surface area (Å²) in [5.41, 5.74) is 1.42. The summed E-state index contributed by atoms with van der Waals surface area (Å²) in [4.78, 5) is 0. The van der Waals surface area contributed by atoms with Gasteiger partial charge in [0.1, 0.15) is 0 Å². The summed E-state index contributed by atoms with van der Waals surface area (Å²) in [7, 11) is 0. The van der Waals surface area contributed by atoms with E-state index < -0.39 is 0 Å². The molecule has 2 bridgehead atoms. The molecule has 0 amide bonds. The molecule has 2 heterocycles. The molecule has 18 heavy (non-hydrogen) atoms. The lowest BCUT2D eigenvalue weighted by atomic mass is 9.93. The van der Waals surface area contributed by atoms with Gasteiger partial charge in [-0.05, 0) is 31.2 Å². The Bertz CT molecular complexity index is 378. The Balaban J connectivity index is 1.67. The minimum Gasteiger partial charge on any atom is -0.373 e. The number of ether oxygens (including phenoxy) is 1. The number of hydrogen-bond acceptors (Lipinski definition) is 2. The van der Waals surface area contributed by atoms with Crippen LogP contribution in [0.2, 0.25) is 0 Å². The average Bonchev–Trinajstić information content (AvgIpc) is 3.01. The van der Waals surface area contributed by atoms with Crippen molar-refractivity contribution in [3.05, 3.63) is 35.9 Å². The Hall–Kier alpha value is -0.860. The summed E-state index contributed by atoms with van der Waals surface area (Å²) < 4.78 is 5.94. The van der Waals surface area contributed by atoms with E-state index in [1.54, 1.807) is 0 Å². The summed E-state index contributed by atoms with van der Waals surface area (Å²) in [5.74, 6) is 0. The third-order valence-corrected chi connectivity index (χ3v) is 4.30. The zero-order valence-corrected chi connectivity index (χ0v) is 11.1. The molecule has 2 saturated heterocycles. The number of fused-ring (bicyclic) bond motifs is 2. The number of rotatable bonds is 5. The third kappa shape index (κ3) is 2.45. The largest absolute Gasteiger partial charge is 0.373 e. The van der Waals surface area contributed by atoms with Crippen molar-refractivity contribution in [3.8, 4) is 0 Å². The van der Waals surface area contributed by atoms with Crippen LogP contribution in [0.15, 0.2) is 30.3 Å². The Morgan fingerprint density at radius 2 is 2.11 bits per heavy atom. The Morgan fingerprint density at radius 1 is 1.28 bits per heavy atom. The van der Waals surface area contributed by atoms with E-state index in [1.165, 1.54) is 37.7 Å². The van der Waals surface area contributed by atoms with Crippen LogP contribution < -0.4 is 5.32 Å². The van der Waals surface area contributed by atoms with Crippen molar-refractivity contribution in [3.63, 3.8) is 0 Å². The van der Waals surface area contributed by atoms with Crippen molar-refractivity contribution in [2.45, 2.75) is 63.3 Å². The SMILES string of the molecule is CCCC(NC1CC2CCC1O2)c1ccccc1. The van der Waals surface area contributed by atoms with Crippen molar-refractivity contribution in [1.29, 1.82) is 0 Å². The van der Waals surface area contributed by atoms with Crippen molar-refractivity contribution in [1.82, 2.24) is 5.32 Å². The normalized spacial score (nSPS) is 31.7. The maximum atomic E-state index is 5.94. The molecule has 4 unspecified atom stereocenters. The highest BCUT2D eigenvalue weighted by Gasteiger charge is 2.41. The van der Waals surface area contributed by atoms with Crippen LogP contribution in [-0.2, 0) is 4.74 Å². The van der Waals surface area contributed by atoms with Crippen molar-refractivity contribution >= 4 is 0 Å². The van der Waals surface area contributed by atoms with Gasteiger partial charge in [-0.3, -0.25) is 0 Å². The molecule has 2 nitrogen and oxygen atoms in total. The van der Waals surface area contributed by atoms with Crippen LogP contribution in [0, 0.1) is 0 Å². The van der Waals surface area contributed by atoms with Gasteiger partial charge < -0.3 is 10.1 Å². The minimum atomic E-state index is 0.470. The van der Waals surface area contributed by atoms with Crippen LogP contribution >= 0.6 is 0 Å². The summed E-state index contributed by atoms with van der Waals surface area (Å²) in [6.07, 6.45) is 7.15. The summed E-state index contributed by atoms with van der Waals surface area (Å²) in [5, 5.41) is 3.84. The van der Waals surface area contributed by atoms with Crippen LogP contribution in [0.1, 0.15) is 50.6 Å². The van der Waals surface area contributed by atoms with Gasteiger partial charge >= 0.3 is 0 Å². The predicted octanol–water partition coefficient (Wildman–Crippen LogP) is 3.44. The van der Waals surface area contributed by atoms with Gasteiger partial charge in [-0.15, -0.1) is 0 Å². The molecular formula is C16H23NO. The molecule has 0 spiro atoms. The fraction of sp³-hybridized carbons (Fsp3) is 0.625. The maximum Gasteiger partial charge on any atom is 0.0733 e. The number of hydrogen-bond donors (Lipinski definition) is 1. The molecule has 1 aromatic rings. The van der Waals surface area contributed by atoms with Crippen LogP contribution in [0.5, 0.6) is 0 Å². The van der Waals surface area contributed by atoms with Gasteiger partial charge in [-0.2, -0.15) is 0 Å². The molecule has 1 aromatic carbocycles. The van der Waals surface area contributed by atoms with Gasteiger partial charge in [0, 0.05) is 12.1 Å². The van der Waals surface area contributed by atoms with E-state index in [9.17, 15) is 0 Å². The second-order valence-electron chi connectivity index (χ2n) is 5.63. The highest BCUT2D eigenvalue weighted by Crippen LogP contribution is 2.35. The lowest BCUT2D eigenvalue weighted by Gasteiger charge is -2.27. The molecule has 3 rings (SSSR count). The highest BCUT2D eigenvalue weighted by atomic mass is 16.5. The van der Waals surface area contributed by atoms with Crippen LogP contribution in [0.25, 0.3) is 0 Å². The monoisotopic (exact) mass is 245 g/mol. The molecule has 0 aliphatic carbocycles. The van der Waals surface area contributed by atoms with Gasteiger partial charge in [-0.25, -0.2) is 0 Å². The minimum absolute atomic E-state index is 0.470. The Labute approximate surface area is 110 Å². The Morgan fingerprint density at radius 3 is 2.72 bits per heavy atom. The molecule has 2 heteroatoms. The first-order valence-electron chi connectivity index (χ1n) is 7.33. The van der Waals surface area contributed by atoms with Gasteiger partial charge in [-0.1, -0.05) is 43.7 Å². The molecule has 98 valence electrons. The second kappa shape index (κ2) is 5.41. The van der Waals surface area contributed by atoms with Crippen LogP contribution in [0.4, 0.5) is 0 Å². The summed E-state index contributed by atoms with van der Waals surface area (Å²) in [6, 6.07) is 11.9. The van der Waals surface area contributed by atoms with E-state index >= 15 is 0 Å². The third-order valence-electron chi connectivity index (χ3n) is 4.30. The van der Waals surface area contributed by atoms with Crippen molar-refractivity contribution in [2.24, 2.45) is 0 Å². The van der Waals surface area contributed by atoms with Crippen LogP contribution in [0.3, 0.4) is 0 Å². The zero-order chi connectivity index (χ0) is 12.4. The zero-order valence-electron chi connectivity index (χ0n) is 11.1. The highest BCUT2D eigenvalue weighted by molar-refractivity contribution is 5.19. The fourth-order valence-electron chi connectivity index (χ4n) is 3.39. The molecular weight excluding hydrogens is 222 g/mol. The number of nitrogens with one attached hydrogen (secondary N) is 1. The van der Waals surface area contributed by atoms with Gasteiger partial charge in [0.15, 0.2) is 0 Å². The van der Waals surface area contributed by atoms with Crippen LogP contribution in [-0.4, -0.2) is 18.2 Å². The van der Waals surface area contributed by atoms with E-state index in [0.29, 0.717) is 24.3 Å². The van der Waals surface area contributed by atoms with Gasteiger partial charge in [0.2, 0.25) is 0 Å². The molecule has 2 aliphatic heterocycles. The molecule has 0 saturated carbocycles. The van der Waals surface area contributed by atoms with E-state index in [0.717, 1.165) is 0 Å². The Kier molecular flexibility index (Phi) is 3.67. The first-order chi connectivity index (χ1) is 8.86. The molecule has 0 radical (unpaired) electrons. The molecule has 2 aliphatic rings. The lowest BCUT2D eigenvalue weighted by Crippen LogP contribution is -2.39. The standard InChI is InChI=1S/C16H23NO/c1-2-6-14(12-7-4-3-5-8-12)17-15-11-13-9-10-16(15)18-13/h3-5,7-8,13-17H,2,6,9-11H2,1H3. The first kappa shape index (κ1) is 12.2. The number of benzene rings is 1. The maximum absolute atomic E-state index is 5.94. The molecule has 4 atom stereocenters. The van der Waals surface area contributed by atoms with Gasteiger partial charge in [0.25, 0.3) is 0 Å². The van der Waals surface area contributed by atoms with Crippen molar-refractivity contribution < 1.29 is 4.74 Å². The molecule has 1 N–H and O–H groups in total. The quantitative estimate of drug-likeness (QED) is 0.858. The average molecular weight is 245 g/mol.